The molecule has 1 aromatic rings. The van der Waals surface area contributed by atoms with Crippen molar-refractivity contribution in [2.75, 3.05) is 12.0 Å². The molecule has 0 saturated heterocycles. The Morgan fingerprint density at radius 1 is 1.40 bits per heavy atom. The highest BCUT2D eigenvalue weighted by Crippen LogP contribution is 2.08. The normalized spacial score (nSPS) is 10.3. The van der Waals surface area contributed by atoms with Gasteiger partial charge in [0.15, 0.2) is 0 Å². The van der Waals surface area contributed by atoms with Crippen molar-refractivity contribution in [1.29, 1.82) is 0 Å². The molecule has 0 unspecified atom stereocenters. The summed E-state index contributed by atoms with van der Waals surface area (Å²) in [6.07, 6.45) is 3.84. The van der Waals surface area contributed by atoms with E-state index >= 15 is 0 Å². The minimum absolute atomic E-state index is 0.0256. The summed E-state index contributed by atoms with van der Waals surface area (Å²) < 4.78 is 0. The van der Waals surface area contributed by atoms with Crippen LogP contribution in [0.25, 0.3) is 6.08 Å². The van der Waals surface area contributed by atoms with Crippen LogP contribution in [0.2, 0.25) is 0 Å². The van der Waals surface area contributed by atoms with E-state index in [-0.39, 0.29) is 5.91 Å². The number of nitrogen functional groups attached to an aromatic ring is 1. The summed E-state index contributed by atoms with van der Waals surface area (Å²) in [5.41, 5.74) is 4.49. The summed E-state index contributed by atoms with van der Waals surface area (Å²) in [6.45, 7) is 2.04. The predicted octanol–water partition coefficient (Wildman–Crippen LogP) is 1.12. The van der Waals surface area contributed by atoms with Crippen LogP contribution < -0.4 is 16.6 Å². The molecule has 80 valence electrons. The number of benzene rings is 1. The zero-order valence-corrected chi connectivity index (χ0v) is 8.66. The summed E-state index contributed by atoms with van der Waals surface area (Å²) in [5, 5.41) is 2.68. The van der Waals surface area contributed by atoms with Crippen LogP contribution in [0, 0.1) is 0 Å². The van der Waals surface area contributed by atoms with Gasteiger partial charge < -0.3 is 10.7 Å². The van der Waals surface area contributed by atoms with Crippen LogP contribution in [-0.4, -0.2) is 12.5 Å². The molecule has 0 heterocycles. The number of hydrogen-bond acceptors (Lipinski definition) is 3. The first-order valence-corrected chi connectivity index (χ1v) is 4.70. The second kappa shape index (κ2) is 5.82. The first-order valence-electron chi connectivity index (χ1n) is 4.70. The van der Waals surface area contributed by atoms with Gasteiger partial charge in [0.25, 0.3) is 0 Å². The lowest BCUT2D eigenvalue weighted by Gasteiger charge is -1.99. The van der Waals surface area contributed by atoms with Gasteiger partial charge in [-0.05, 0) is 17.7 Å². The Morgan fingerprint density at radius 2 is 2.07 bits per heavy atom. The molecule has 0 aromatic heterocycles. The molecule has 15 heavy (non-hydrogen) atoms. The molecule has 4 N–H and O–H groups in total. The Morgan fingerprint density at radius 3 is 2.60 bits per heavy atom. The van der Waals surface area contributed by atoms with Crippen LogP contribution in [0.1, 0.15) is 12.5 Å². The van der Waals surface area contributed by atoms with Gasteiger partial charge in [-0.25, -0.2) is 0 Å². The quantitative estimate of drug-likeness (QED) is 0.509. The molecule has 0 aliphatic carbocycles. The van der Waals surface area contributed by atoms with Crippen molar-refractivity contribution in [3.05, 3.63) is 35.9 Å². The summed E-state index contributed by atoms with van der Waals surface area (Å²) in [6, 6.07) is 7.66. The molecule has 0 radical (unpaired) electrons. The third-order valence-corrected chi connectivity index (χ3v) is 1.86. The maximum absolute atomic E-state index is 10.6. The van der Waals surface area contributed by atoms with E-state index in [1.165, 1.54) is 6.92 Å². The number of hydrazine groups is 1. The topological polar surface area (TPSA) is 67.2 Å². The Hall–Kier alpha value is -1.81. The first kappa shape index (κ1) is 11.3. The van der Waals surface area contributed by atoms with E-state index in [1.807, 2.05) is 36.4 Å². The highest BCUT2D eigenvalue weighted by molar-refractivity contribution is 5.73. The molecule has 0 spiro atoms. The second-order valence-corrected chi connectivity index (χ2v) is 3.11. The van der Waals surface area contributed by atoms with Gasteiger partial charge in [-0.1, -0.05) is 24.3 Å². The van der Waals surface area contributed by atoms with Gasteiger partial charge in [-0.3, -0.25) is 10.6 Å². The molecule has 0 aliphatic heterocycles. The number of nitrogens with one attached hydrogen (secondary N) is 2. The molecule has 0 saturated carbocycles. The van der Waals surface area contributed by atoms with Gasteiger partial charge >= 0.3 is 0 Å². The fourth-order valence-electron chi connectivity index (χ4n) is 1.09. The van der Waals surface area contributed by atoms with Gasteiger partial charge in [-0.15, -0.1) is 0 Å². The van der Waals surface area contributed by atoms with Crippen LogP contribution in [0.5, 0.6) is 0 Å². The maximum atomic E-state index is 10.6. The summed E-state index contributed by atoms with van der Waals surface area (Å²) in [5.74, 6) is 5.21. The highest BCUT2D eigenvalue weighted by atomic mass is 16.1. The second-order valence-electron chi connectivity index (χ2n) is 3.11. The Bertz CT molecular complexity index is 343. The SMILES string of the molecule is CC(=O)NCC=Cc1ccc(NN)cc1. The van der Waals surface area contributed by atoms with E-state index < -0.39 is 0 Å². The van der Waals surface area contributed by atoms with Crippen molar-refractivity contribution < 1.29 is 4.79 Å². The van der Waals surface area contributed by atoms with E-state index in [4.69, 9.17) is 5.84 Å². The molecule has 0 bridgehead atoms. The Balaban J connectivity index is 2.46. The molecule has 0 fully saturated rings. The van der Waals surface area contributed by atoms with Crippen LogP contribution >= 0.6 is 0 Å². The molecule has 4 heteroatoms. The number of rotatable bonds is 4. The minimum atomic E-state index is -0.0256. The van der Waals surface area contributed by atoms with Crippen molar-refractivity contribution in [3.63, 3.8) is 0 Å². The molecule has 1 amide bonds. The summed E-state index contributed by atoms with van der Waals surface area (Å²) in [7, 11) is 0. The Kier molecular flexibility index (Phi) is 4.37. The average Bonchev–Trinajstić information content (AvgIpc) is 2.25. The summed E-state index contributed by atoms with van der Waals surface area (Å²) in [4.78, 5) is 10.6. The van der Waals surface area contributed by atoms with E-state index in [0.29, 0.717) is 6.54 Å². The zero-order chi connectivity index (χ0) is 11.1. The standard InChI is InChI=1S/C11H15N3O/c1-9(15)13-8-2-3-10-4-6-11(14-12)7-5-10/h2-7,14H,8,12H2,1H3,(H,13,15). The van der Waals surface area contributed by atoms with Crippen molar-refractivity contribution >= 4 is 17.7 Å². The average molecular weight is 205 g/mol. The van der Waals surface area contributed by atoms with Crippen molar-refractivity contribution in [2.45, 2.75) is 6.92 Å². The van der Waals surface area contributed by atoms with E-state index in [0.717, 1.165) is 11.3 Å². The van der Waals surface area contributed by atoms with Crippen molar-refractivity contribution in [1.82, 2.24) is 5.32 Å². The van der Waals surface area contributed by atoms with Crippen LogP contribution in [0.3, 0.4) is 0 Å². The van der Waals surface area contributed by atoms with E-state index in [1.54, 1.807) is 0 Å². The fourth-order valence-corrected chi connectivity index (χ4v) is 1.09. The minimum Gasteiger partial charge on any atom is -0.353 e. The number of carbonyl (C=O) groups excluding carboxylic acids is 1. The Labute approximate surface area is 89.1 Å². The van der Waals surface area contributed by atoms with E-state index in [9.17, 15) is 4.79 Å². The third kappa shape index (κ3) is 4.28. The molecule has 1 aromatic carbocycles. The third-order valence-electron chi connectivity index (χ3n) is 1.86. The van der Waals surface area contributed by atoms with Crippen molar-refractivity contribution in [3.8, 4) is 0 Å². The smallest absolute Gasteiger partial charge is 0.217 e. The number of nitrogens with two attached hydrogens (primary N) is 1. The van der Waals surface area contributed by atoms with Gasteiger partial charge in [0.1, 0.15) is 0 Å². The van der Waals surface area contributed by atoms with Gasteiger partial charge in [0.05, 0.1) is 0 Å². The maximum Gasteiger partial charge on any atom is 0.217 e. The van der Waals surface area contributed by atoms with Gasteiger partial charge in [0.2, 0.25) is 5.91 Å². The molecule has 4 nitrogen and oxygen atoms in total. The molecule has 0 atom stereocenters. The molecule has 1 rings (SSSR count). The fraction of sp³-hybridized carbons (Fsp3) is 0.182. The zero-order valence-electron chi connectivity index (χ0n) is 8.66. The van der Waals surface area contributed by atoms with Crippen molar-refractivity contribution in [2.24, 2.45) is 5.84 Å². The lowest BCUT2D eigenvalue weighted by molar-refractivity contribution is -0.118. The number of anilines is 1. The molecular formula is C11H15N3O. The van der Waals surface area contributed by atoms with Gasteiger partial charge in [-0.2, -0.15) is 0 Å². The summed E-state index contributed by atoms with van der Waals surface area (Å²) >= 11 is 0. The van der Waals surface area contributed by atoms with Crippen LogP contribution in [-0.2, 0) is 4.79 Å². The van der Waals surface area contributed by atoms with E-state index in [2.05, 4.69) is 10.7 Å². The van der Waals surface area contributed by atoms with Crippen LogP contribution in [0.15, 0.2) is 30.3 Å². The number of carbonyl (C=O) groups is 1. The molecule has 0 aliphatic rings. The monoisotopic (exact) mass is 205 g/mol. The largest absolute Gasteiger partial charge is 0.353 e. The highest BCUT2D eigenvalue weighted by Gasteiger charge is 1.89. The lowest BCUT2D eigenvalue weighted by Crippen LogP contribution is -2.19. The molecular weight excluding hydrogens is 190 g/mol. The lowest BCUT2D eigenvalue weighted by atomic mass is 10.2. The first-order chi connectivity index (χ1) is 7.22. The number of hydrogen-bond donors (Lipinski definition) is 3. The number of amides is 1. The van der Waals surface area contributed by atoms with Gasteiger partial charge in [0, 0.05) is 19.2 Å². The predicted molar refractivity (Wildman–Crippen MR) is 62.0 cm³/mol. The van der Waals surface area contributed by atoms with Crippen LogP contribution in [0.4, 0.5) is 5.69 Å².